The Balaban J connectivity index is 1.98. The molecule has 0 spiro atoms. The molecule has 1 aromatic carbocycles. The van der Waals surface area contributed by atoms with Crippen LogP contribution in [0.2, 0.25) is 5.02 Å². The van der Waals surface area contributed by atoms with E-state index < -0.39 is 0 Å². The second-order valence-corrected chi connectivity index (χ2v) is 7.27. The fraction of sp³-hybridized carbons (Fsp3) is 0.588. The molecule has 1 unspecified atom stereocenters. The van der Waals surface area contributed by atoms with Crippen molar-refractivity contribution in [2.45, 2.75) is 27.2 Å². The lowest BCUT2D eigenvalue weighted by Crippen LogP contribution is -2.30. The maximum Gasteiger partial charge on any atom is 0.176 e. The molecule has 4 heteroatoms. The molecular weight excluding hydrogens is 286 g/mol. The Bertz CT molecular complexity index is 522. The number of Topliss-reactive ketones (excluding diaryl/α,β-unsaturated/α-hetero) is 1. The highest BCUT2D eigenvalue weighted by molar-refractivity contribution is 6.32. The minimum atomic E-state index is 0.120. The topological polar surface area (TPSA) is 29.5 Å². The predicted octanol–water partition coefficient (Wildman–Crippen LogP) is 3.90. The zero-order valence-corrected chi connectivity index (χ0v) is 14.0. The normalized spacial score (nSPS) is 19.8. The summed E-state index contributed by atoms with van der Waals surface area (Å²) in [6.07, 6.45) is 1.17. The lowest BCUT2D eigenvalue weighted by atomic mass is 9.80. The van der Waals surface area contributed by atoms with Crippen molar-refractivity contribution in [1.29, 1.82) is 0 Å². The van der Waals surface area contributed by atoms with Gasteiger partial charge in [0.2, 0.25) is 0 Å². The number of carbonyl (C=O) groups excluding carboxylic acids is 1. The van der Waals surface area contributed by atoms with Crippen molar-refractivity contribution in [3.8, 4) is 5.75 Å². The molecule has 1 atom stereocenters. The van der Waals surface area contributed by atoms with Crippen molar-refractivity contribution in [2.75, 3.05) is 26.7 Å². The number of ether oxygens (including phenoxy) is 1. The van der Waals surface area contributed by atoms with Gasteiger partial charge in [-0.25, -0.2) is 0 Å². The van der Waals surface area contributed by atoms with Gasteiger partial charge in [0.05, 0.1) is 18.7 Å². The van der Waals surface area contributed by atoms with E-state index in [2.05, 4.69) is 25.7 Å². The maximum atomic E-state index is 12.4. The highest BCUT2D eigenvalue weighted by Crippen LogP contribution is 2.33. The second-order valence-electron chi connectivity index (χ2n) is 6.86. The minimum absolute atomic E-state index is 0.120. The summed E-state index contributed by atoms with van der Waals surface area (Å²) < 4.78 is 5.11. The number of nitrogens with zero attached hydrogens (tertiary/aromatic N) is 1. The Morgan fingerprint density at radius 3 is 2.67 bits per heavy atom. The van der Waals surface area contributed by atoms with Gasteiger partial charge in [0.25, 0.3) is 0 Å². The number of hydrogen-bond donors (Lipinski definition) is 0. The van der Waals surface area contributed by atoms with Crippen LogP contribution in [0.15, 0.2) is 18.2 Å². The number of halogens is 1. The van der Waals surface area contributed by atoms with Gasteiger partial charge in [0, 0.05) is 12.1 Å². The number of rotatable bonds is 4. The number of benzene rings is 1. The van der Waals surface area contributed by atoms with Crippen molar-refractivity contribution < 1.29 is 9.53 Å². The van der Waals surface area contributed by atoms with Crippen molar-refractivity contribution in [3.63, 3.8) is 0 Å². The minimum Gasteiger partial charge on any atom is -0.495 e. The Morgan fingerprint density at radius 1 is 1.43 bits per heavy atom. The third kappa shape index (κ3) is 3.98. The van der Waals surface area contributed by atoms with E-state index in [0.717, 1.165) is 13.1 Å². The first kappa shape index (κ1) is 16.3. The van der Waals surface area contributed by atoms with Crippen LogP contribution in [0.1, 0.15) is 37.6 Å². The summed E-state index contributed by atoms with van der Waals surface area (Å²) in [7, 11) is 1.57. The first-order valence-corrected chi connectivity index (χ1v) is 7.78. The molecule has 116 valence electrons. The van der Waals surface area contributed by atoms with Crippen LogP contribution >= 0.6 is 11.6 Å². The standard InChI is InChI=1S/C17H24ClNO2/c1-17(2,3)13-7-8-19(10-13)11-15(20)12-5-6-16(21-4)14(18)9-12/h5-6,9,13H,7-8,10-11H2,1-4H3. The Hall–Kier alpha value is -1.06. The van der Waals surface area contributed by atoms with Crippen LogP contribution in [-0.4, -0.2) is 37.4 Å². The van der Waals surface area contributed by atoms with Crippen molar-refractivity contribution in [2.24, 2.45) is 11.3 Å². The maximum absolute atomic E-state index is 12.4. The summed E-state index contributed by atoms with van der Waals surface area (Å²) in [6.45, 7) is 9.27. The average molecular weight is 310 g/mol. The van der Waals surface area contributed by atoms with E-state index in [4.69, 9.17) is 16.3 Å². The van der Waals surface area contributed by atoms with E-state index in [0.29, 0.717) is 34.2 Å². The molecule has 1 aliphatic heterocycles. The smallest absolute Gasteiger partial charge is 0.176 e. The van der Waals surface area contributed by atoms with E-state index in [1.807, 2.05) is 0 Å². The molecule has 0 saturated carbocycles. The summed E-state index contributed by atoms with van der Waals surface area (Å²) in [6, 6.07) is 5.22. The number of methoxy groups -OCH3 is 1. The molecule has 21 heavy (non-hydrogen) atoms. The third-order valence-corrected chi connectivity index (χ3v) is 4.63. The van der Waals surface area contributed by atoms with Crippen LogP contribution in [0.4, 0.5) is 0 Å². The van der Waals surface area contributed by atoms with Crippen LogP contribution in [0.5, 0.6) is 5.75 Å². The average Bonchev–Trinajstić information content (AvgIpc) is 2.87. The second kappa shape index (κ2) is 6.37. The van der Waals surface area contributed by atoms with Gasteiger partial charge in [-0.3, -0.25) is 9.69 Å². The highest BCUT2D eigenvalue weighted by atomic mass is 35.5. The summed E-state index contributed by atoms with van der Waals surface area (Å²) in [5.74, 6) is 1.38. The van der Waals surface area contributed by atoms with Gasteiger partial charge >= 0.3 is 0 Å². The molecule has 3 nitrogen and oxygen atoms in total. The van der Waals surface area contributed by atoms with Crippen molar-refractivity contribution >= 4 is 17.4 Å². The molecule has 0 radical (unpaired) electrons. The highest BCUT2D eigenvalue weighted by Gasteiger charge is 2.32. The van der Waals surface area contributed by atoms with E-state index in [1.165, 1.54) is 6.42 Å². The Morgan fingerprint density at radius 2 is 2.14 bits per heavy atom. The summed E-state index contributed by atoms with van der Waals surface area (Å²) >= 11 is 6.08. The fourth-order valence-electron chi connectivity index (χ4n) is 2.82. The van der Waals surface area contributed by atoms with E-state index in [-0.39, 0.29) is 5.78 Å². The molecule has 1 saturated heterocycles. The van der Waals surface area contributed by atoms with E-state index >= 15 is 0 Å². The molecule has 0 amide bonds. The Kier molecular flexibility index (Phi) is 4.95. The van der Waals surface area contributed by atoms with Crippen LogP contribution in [0.3, 0.4) is 0 Å². The fourth-order valence-corrected chi connectivity index (χ4v) is 3.08. The summed E-state index contributed by atoms with van der Waals surface area (Å²) in [5.41, 5.74) is 0.960. The molecule has 0 aromatic heterocycles. The number of carbonyl (C=O) groups is 1. The van der Waals surface area contributed by atoms with E-state index in [9.17, 15) is 4.79 Å². The lowest BCUT2D eigenvalue weighted by molar-refractivity contribution is 0.0938. The largest absolute Gasteiger partial charge is 0.495 e. The molecule has 2 rings (SSSR count). The molecule has 0 N–H and O–H groups in total. The zero-order valence-electron chi connectivity index (χ0n) is 13.3. The van der Waals surface area contributed by atoms with Gasteiger partial charge in [-0.05, 0) is 42.5 Å². The zero-order chi connectivity index (χ0) is 15.6. The van der Waals surface area contributed by atoms with Crippen LogP contribution < -0.4 is 4.74 Å². The molecule has 1 heterocycles. The molecule has 1 aromatic rings. The first-order chi connectivity index (χ1) is 9.81. The molecule has 1 aliphatic rings. The number of hydrogen-bond acceptors (Lipinski definition) is 3. The van der Waals surface area contributed by atoms with Gasteiger partial charge in [-0.1, -0.05) is 32.4 Å². The van der Waals surface area contributed by atoms with Crippen LogP contribution in [-0.2, 0) is 0 Å². The Labute approximate surface area is 132 Å². The van der Waals surface area contributed by atoms with E-state index in [1.54, 1.807) is 25.3 Å². The third-order valence-electron chi connectivity index (χ3n) is 4.34. The number of ketones is 1. The van der Waals surface area contributed by atoms with Gasteiger partial charge in [0.15, 0.2) is 5.78 Å². The number of likely N-dealkylation sites (tertiary alicyclic amines) is 1. The molecule has 1 fully saturated rings. The molecule has 0 aliphatic carbocycles. The van der Waals surface area contributed by atoms with Gasteiger partial charge in [-0.2, -0.15) is 0 Å². The van der Waals surface area contributed by atoms with Gasteiger partial charge in [-0.15, -0.1) is 0 Å². The first-order valence-electron chi connectivity index (χ1n) is 7.40. The SMILES string of the molecule is COc1ccc(C(=O)CN2CCC(C(C)(C)C)C2)cc1Cl. The molecule has 0 bridgehead atoms. The quantitative estimate of drug-likeness (QED) is 0.790. The lowest BCUT2D eigenvalue weighted by Gasteiger charge is -2.27. The van der Waals surface area contributed by atoms with Crippen LogP contribution in [0, 0.1) is 11.3 Å². The van der Waals surface area contributed by atoms with Crippen molar-refractivity contribution in [1.82, 2.24) is 4.90 Å². The predicted molar refractivity (Wildman–Crippen MR) is 86.3 cm³/mol. The summed E-state index contributed by atoms with van der Waals surface area (Å²) in [5, 5.41) is 0.484. The van der Waals surface area contributed by atoms with Crippen molar-refractivity contribution in [3.05, 3.63) is 28.8 Å². The monoisotopic (exact) mass is 309 g/mol. The van der Waals surface area contributed by atoms with Gasteiger partial charge in [0.1, 0.15) is 5.75 Å². The molecular formula is C17H24ClNO2. The summed E-state index contributed by atoms with van der Waals surface area (Å²) in [4.78, 5) is 14.6. The van der Waals surface area contributed by atoms with Crippen LogP contribution in [0.25, 0.3) is 0 Å². The van der Waals surface area contributed by atoms with Gasteiger partial charge < -0.3 is 4.74 Å².